The molecule has 1 fully saturated rings. The number of carbonyl (C=O) groups is 2. The zero-order valence-corrected chi connectivity index (χ0v) is 21.2. The van der Waals surface area contributed by atoms with Crippen molar-refractivity contribution in [1.29, 1.82) is 0 Å². The predicted molar refractivity (Wildman–Crippen MR) is 131 cm³/mol. The molecule has 1 saturated heterocycles. The first-order chi connectivity index (χ1) is 15.3. The highest BCUT2D eigenvalue weighted by molar-refractivity contribution is 7.83. The number of hydrogen-bond acceptors (Lipinski definition) is 4. The third-order valence-electron chi connectivity index (χ3n) is 6.14. The van der Waals surface area contributed by atoms with Crippen LogP contribution in [0.2, 0.25) is 0 Å². The van der Waals surface area contributed by atoms with Crippen LogP contribution in [0.1, 0.15) is 58.8 Å². The largest absolute Gasteiger partial charge is 0.444 e. The second kappa shape index (κ2) is 8.09. The van der Waals surface area contributed by atoms with Crippen molar-refractivity contribution in [3.63, 3.8) is 0 Å². The number of anilines is 1. The lowest BCUT2D eigenvalue weighted by atomic mass is 9.76. The first kappa shape index (κ1) is 23.7. The molecule has 8 heteroatoms. The van der Waals surface area contributed by atoms with Crippen molar-refractivity contribution in [2.75, 3.05) is 18.0 Å². The first-order valence-electron chi connectivity index (χ1n) is 11.4. The highest BCUT2D eigenvalue weighted by Crippen LogP contribution is 2.40. The summed E-state index contributed by atoms with van der Waals surface area (Å²) in [6, 6.07) is 8.99. The van der Waals surface area contributed by atoms with E-state index in [1.807, 2.05) is 58.0 Å². The van der Waals surface area contributed by atoms with Gasteiger partial charge in [-0.05, 0) is 51.3 Å². The van der Waals surface area contributed by atoms with E-state index in [4.69, 9.17) is 4.74 Å². The molecule has 0 aliphatic carbocycles. The molecular formula is C25H33N3O4S. The van der Waals surface area contributed by atoms with Crippen LogP contribution in [0.4, 0.5) is 10.5 Å². The molecule has 3 unspecified atom stereocenters. The molecule has 0 spiro atoms. The van der Waals surface area contributed by atoms with Crippen molar-refractivity contribution in [2.24, 2.45) is 5.41 Å². The molecule has 3 atom stereocenters. The number of carbonyl (C=O) groups excluding carboxylic acids is 2. The van der Waals surface area contributed by atoms with Crippen molar-refractivity contribution >= 4 is 39.4 Å². The van der Waals surface area contributed by atoms with Crippen LogP contribution in [0.5, 0.6) is 0 Å². The minimum atomic E-state index is -1.51. The summed E-state index contributed by atoms with van der Waals surface area (Å²) >= 11 is 0. The fourth-order valence-electron chi connectivity index (χ4n) is 4.88. The van der Waals surface area contributed by atoms with Crippen molar-refractivity contribution in [1.82, 2.24) is 9.62 Å². The SMILES string of the molecule is CCN1C(=O)c2cccc3c(S(=O)NC4CN(C(=O)OC(C)(C)C)C4C(C)(C)C)ccc1c23. The molecule has 0 bridgehead atoms. The van der Waals surface area contributed by atoms with E-state index in [0.29, 0.717) is 23.5 Å². The van der Waals surface area contributed by atoms with Gasteiger partial charge in [0.15, 0.2) is 0 Å². The van der Waals surface area contributed by atoms with Crippen molar-refractivity contribution in [3.05, 3.63) is 35.9 Å². The summed E-state index contributed by atoms with van der Waals surface area (Å²) in [4.78, 5) is 29.6. The van der Waals surface area contributed by atoms with Gasteiger partial charge in [-0.2, -0.15) is 0 Å². The van der Waals surface area contributed by atoms with Crippen LogP contribution in [0.25, 0.3) is 10.8 Å². The fourth-order valence-corrected chi connectivity index (χ4v) is 6.05. The van der Waals surface area contributed by atoms with Crippen LogP contribution in [-0.2, 0) is 15.7 Å². The van der Waals surface area contributed by atoms with Gasteiger partial charge in [0.05, 0.1) is 22.7 Å². The molecule has 2 aliphatic heterocycles. The molecule has 0 radical (unpaired) electrons. The van der Waals surface area contributed by atoms with E-state index in [1.165, 1.54) is 0 Å². The second-order valence-corrected chi connectivity index (χ2v) is 12.0. The lowest BCUT2D eigenvalue weighted by Crippen LogP contribution is -2.71. The van der Waals surface area contributed by atoms with Gasteiger partial charge in [-0.3, -0.25) is 4.79 Å². The molecule has 0 aromatic heterocycles. The van der Waals surface area contributed by atoms with E-state index in [0.717, 1.165) is 16.5 Å². The first-order valence-corrected chi connectivity index (χ1v) is 12.5. The molecule has 2 amide bonds. The third kappa shape index (κ3) is 4.15. The van der Waals surface area contributed by atoms with E-state index in [-0.39, 0.29) is 29.5 Å². The lowest BCUT2D eigenvalue weighted by Gasteiger charge is -2.53. The number of amides is 2. The number of ether oxygens (including phenoxy) is 1. The summed E-state index contributed by atoms with van der Waals surface area (Å²) in [6.07, 6.45) is -0.352. The van der Waals surface area contributed by atoms with Gasteiger partial charge in [0.25, 0.3) is 5.91 Å². The number of hydrogen-bond donors (Lipinski definition) is 1. The van der Waals surface area contributed by atoms with Crippen LogP contribution in [0, 0.1) is 5.41 Å². The van der Waals surface area contributed by atoms with Gasteiger partial charge in [0.2, 0.25) is 0 Å². The van der Waals surface area contributed by atoms with Gasteiger partial charge in [-0.25, -0.2) is 13.7 Å². The maximum absolute atomic E-state index is 13.5. The standard InChI is InChI=1S/C25H33N3O4S/c1-8-27-18-12-13-19(15-10-9-11-16(20(15)18)22(27)29)33(31)26-17-14-28(21(17)24(2,3)4)23(30)32-25(5,6)7/h9-13,17,21,26H,8,14H2,1-7H3. The zero-order chi connectivity index (χ0) is 24.3. The average Bonchev–Trinajstić information content (AvgIpc) is 2.95. The summed E-state index contributed by atoms with van der Waals surface area (Å²) in [5.41, 5.74) is 0.708. The monoisotopic (exact) mass is 471 g/mol. The van der Waals surface area contributed by atoms with Crippen LogP contribution >= 0.6 is 0 Å². The molecule has 178 valence electrons. The Labute approximate surface area is 198 Å². The number of nitrogens with one attached hydrogen (secondary N) is 1. The van der Waals surface area contributed by atoms with Crippen LogP contribution < -0.4 is 9.62 Å². The molecule has 33 heavy (non-hydrogen) atoms. The Balaban J connectivity index is 1.60. The fraction of sp³-hybridized carbons (Fsp3) is 0.520. The minimum Gasteiger partial charge on any atom is -0.444 e. The summed E-state index contributed by atoms with van der Waals surface area (Å²) in [5, 5.41) is 1.67. The van der Waals surface area contributed by atoms with Crippen LogP contribution in [-0.4, -0.2) is 51.9 Å². The number of nitrogens with zero attached hydrogens (tertiary/aromatic N) is 2. The van der Waals surface area contributed by atoms with Crippen LogP contribution in [0.3, 0.4) is 0 Å². The Morgan fingerprint density at radius 1 is 1.15 bits per heavy atom. The topological polar surface area (TPSA) is 79.0 Å². The Kier molecular flexibility index (Phi) is 5.81. The van der Waals surface area contributed by atoms with Gasteiger partial charge < -0.3 is 14.5 Å². The molecule has 2 heterocycles. The van der Waals surface area contributed by atoms with Crippen LogP contribution in [0.15, 0.2) is 35.2 Å². The van der Waals surface area contributed by atoms with Crippen molar-refractivity contribution in [3.8, 4) is 0 Å². The van der Waals surface area contributed by atoms with E-state index < -0.39 is 16.6 Å². The molecule has 0 saturated carbocycles. The molecule has 1 N–H and O–H groups in total. The minimum absolute atomic E-state index is 0.0196. The predicted octanol–water partition coefficient (Wildman–Crippen LogP) is 4.47. The van der Waals surface area contributed by atoms with E-state index in [9.17, 15) is 13.8 Å². The quantitative estimate of drug-likeness (QED) is 0.714. The van der Waals surface area contributed by atoms with Crippen molar-refractivity contribution in [2.45, 2.75) is 71.0 Å². The van der Waals surface area contributed by atoms with E-state index >= 15 is 0 Å². The summed E-state index contributed by atoms with van der Waals surface area (Å²) in [7, 11) is -1.51. The van der Waals surface area contributed by atoms with Gasteiger partial charge >= 0.3 is 6.09 Å². The maximum Gasteiger partial charge on any atom is 0.410 e. The summed E-state index contributed by atoms with van der Waals surface area (Å²) in [5.74, 6) is -0.0196. The van der Waals surface area contributed by atoms with Gasteiger partial charge in [-0.15, -0.1) is 0 Å². The zero-order valence-electron chi connectivity index (χ0n) is 20.4. The Bertz CT molecular complexity index is 1150. The van der Waals surface area contributed by atoms with Gasteiger partial charge in [0, 0.05) is 29.4 Å². The highest BCUT2D eigenvalue weighted by Gasteiger charge is 2.50. The Hall–Kier alpha value is -2.45. The summed E-state index contributed by atoms with van der Waals surface area (Å²) < 4.78 is 22.3. The van der Waals surface area contributed by atoms with Gasteiger partial charge in [-0.1, -0.05) is 32.9 Å². The Morgan fingerprint density at radius 2 is 1.85 bits per heavy atom. The summed E-state index contributed by atoms with van der Waals surface area (Å²) in [6.45, 7) is 14.7. The second-order valence-electron chi connectivity index (χ2n) is 10.8. The third-order valence-corrected chi connectivity index (χ3v) is 7.42. The average molecular weight is 472 g/mol. The van der Waals surface area contributed by atoms with E-state index in [2.05, 4.69) is 25.5 Å². The van der Waals surface area contributed by atoms with Gasteiger partial charge in [0.1, 0.15) is 16.6 Å². The van der Waals surface area contributed by atoms with Crippen molar-refractivity contribution < 1.29 is 18.5 Å². The Morgan fingerprint density at radius 3 is 2.45 bits per heavy atom. The molecule has 2 aromatic carbocycles. The molecule has 4 rings (SSSR count). The lowest BCUT2D eigenvalue weighted by molar-refractivity contribution is -0.0442. The molecule has 7 nitrogen and oxygen atoms in total. The maximum atomic E-state index is 13.5. The van der Waals surface area contributed by atoms with E-state index in [1.54, 1.807) is 9.80 Å². The molecule has 2 aliphatic rings. The normalized spacial score (nSPS) is 21.4. The number of benzene rings is 2. The molecular weight excluding hydrogens is 438 g/mol. The number of likely N-dealkylation sites (tertiary alicyclic amines) is 1. The molecule has 2 aromatic rings. The highest BCUT2D eigenvalue weighted by atomic mass is 32.2. The number of rotatable bonds is 4. The smallest absolute Gasteiger partial charge is 0.410 e.